The third kappa shape index (κ3) is 12.4. The van der Waals surface area contributed by atoms with Crippen molar-refractivity contribution in [3.8, 4) is 0 Å². The number of carboxylic acids is 2. The molecule has 12 nitrogen and oxygen atoms in total. The van der Waals surface area contributed by atoms with E-state index < -0.39 is 29.1 Å². The number of rotatable bonds is 10. The fraction of sp³-hybridized carbons (Fsp3) is 0.615. The Hall–Kier alpha value is -3.91. The maximum atomic E-state index is 12.4. The first-order valence-electron chi connectivity index (χ1n) is 13.0. The predicted molar refractivity (Wildman–Crippen MR) is 139 cm³/mol. The van der Waals surface area contributed by atoms with Gasteiger partial charge in [-0.25, -0.2) is 14.6 Å². The standard InChI is InChI=1S/C24H35N5O5.C2HF3O2/c1-23(2,3)33-22(32)29-14-10-24(11-15-29,17-21(30)31)16-20-27-19(28-34-20)9-5-7-13-26-18-8-4-6-12-25-18;3-2(4,5)1(6)7/h4,6,8,12H,5,7,9-11,13-17H2,1-3H3,(H,25,26)(H,30,31);(H,6,7). The van der Waals surface area contributed by atoms with Gasteiger partial charge in [0, 0.05) is 38.7 Å². The number of pyridine rings is 1. The molecule has 3 heterocycles. The molecule has 2 aromatic heterocycles. The fourth-order valence-electron chi connectivity index (χ4n) is 4.10. The molecule has 0 radical (unpaired) electrons. The van der Waals surface area contributed by atoms with Gasteiger partial charge in [-0.1, -0.05) is 11.2 Å². The number of carboxylic acid groups (broad SMARTS) is 2. The minimum Gasteiger partial charge on any atom is -0.481 e. The summed E-state index contributed by atoms with van der Waals surface area (Å²) < 4.78 is 42.6. The summed E-state index contributed by atoms with van der Waals surface area (Å²) in [6, 6.07) is 5.75. The van der Waals surface area contributed by atoms with Gasteiger partial charge in [0.05, 0.1) is 6.42 Å². The third-order valence-electron chi connectivity index (χ3n) is 6.08. The number of nitrogens with zero attached hydrogens (tertiary/aromatic N) is 4. The van der Waals surface area contributed by atoms with Crippen molar-refractivity contribution in [2.75, 3.05) is 25.0 Å². The number of aromatic nitrogens is 3. The minimum absolute atomic E-state index is 0.00787. The number of carbonyl (C=O) groups is 3. The van der Waals surface area contributed by atoms with Crippen molar-refractivity contribution in [2.45, 2.75) is 77.5 Å². The molecule has 0 unspecified atom stereocenters. The lowest BCUT2D eigenvalue weighted by atomic mass is 9.73. The van der Waals surface area contributed by atoms with Gasteiger partial charge in [-0.3, -0.25) is 4.79 Å². The molecule has 0 bridgehead atoms. The molecule has 3 N–H and O–H groups in total. The number of aliphatic carboxylic acids is 2. The second-order valence-corrected chi connectivity index (χ2v) is 10.7. The van der Waals surface area contributed by atoms with E-state index in [1.807, 2.05) is 39.0 Å². The van der Waals surface area contributed by atoms with Crippen LogP contribution in [0.5, 0.6) is 0 Å². The van der Waals surface area contributed by atoms with Gasteiger partial charge >= 0.3 is 24.2 Å². The number of carbonyl (C=O) groups excluding carboxylic acids is 1. The highest BCUT2D eigenvalue weighted by atomic mass is 19.4. The summed E-state index contributed by atoms with van der Waals surface area (Å²) in [5.41, 5.74) is -1.10. The Morgan fingerprint density at radius 3 is 2.32 bits per heavy atom. The molecule has 1 fully saturated rings. The largest absolute Gasteiger partial charge is 0.490 e. The van der Waals surface area contributed by atoms with E-state index in [0.717, 1.165) is 25.2 Å². The summed E-state index contributed by atoms with van der Waals surface area (Å²) in [6.45, 7) is 7.16. The molecule has 0 spiro atoms. The predicted octanol–water partition coefficient (Wildman–Crippen LogP) is 4.57. The van der Waals surface area contributed by atoms with Crippen LogP contribution in [0, 0.1) is 5.41 Å². The average molecular weight is 588 g/mol. The summed E-state index contributed by atoms with van der Waals surface area (Å²) in [7, 11) is 0. The van der Waals surface area contributed by atoms with Crippen LogP contribution in [-0.4, -0.2) is 79.7 Å². The Labute approximate surface area is 235 Å². The lowest BCUT2D eigenvalue weighted by molar-refractivity contribution is -0.192. The summed E-state index contributed by atoms with van der Waals surface area (Å²) in [4.78, 5) is 43.2. The highest BCUT2D eigenvalue weighted by molar-refractivity contribution is 5.73. The molecule has 1 saturated heterocycles. The molecule has 1 aliphatic rings. The van der Waals surface area contributed by atoms with Gasteiger partial charge in [0.15, 0.2) is 5.82 Å². The van der Waals surface area contributed by atoms with Crippen molar-refractivity contribution in [3.05, 3.63) is 36.1 Å². The van der Waals surface area contributed by atoms with Crippen LogP contribution in [0.4, 0.5) is 23.8 Å². The number of hydrogen-bond acceptors (Lipinski definition) is 9. The van der Waals surface area contributed by atoms with Crippen LogP contribution in [0.1, 0.15) is 64.6 Å². The van der Waals surface area contributed by atoms with Gasteiger partial charge in [-0.2, -0.15) is 18.2 Å². The number of halogens is 3. The van der Waals surface area contributed by atoms with Gasteiger partial charge in [-0.05, 0) is 64.0 Å². The molecule has 0 aliphatic carbocycles. The number of amides is 1. The first-order chi connectivity index (χ1) is 19.1. The quantitative estimate of drug-likeness (QED) is 0.333. The zero-order valence-corrected chi connectivity index (χ0v) is 23.2. The summed E-state index contributed by atoms with van der Waals surface area (Å²) in [5.74, 6) is -1.69. The molecule has 3 rings (SSSR count). The van der Waals surface area contributed by atoms with E-state index in [0.29, 0.717) is 50.5 Å². The fourth-order valence-corrected chi connectivity index (χ4v) is 4.10. The van der Waals surface area contributed by atoms with Gasteiger partial charge in [0.2, 0.25) is 5.89 Å². The lowest BCUT2D eigenvalue weighted by Gasteiger charge is -2.40. The van der Waals surface area contributed by atoms with Crippen LogP contribution in [0.3, 0.4) is 0 Å². The number of hydrogen-bond donors (Lipinski definition) is 3. The first-order valence-corrected chi connectivity index (χ1v) is 13.0. The Kier molecular flexibility index (Phi) is 11.9. The second-order valence-electron chi connectivity index (χ2n) is 10.7. The topological polar surface area (TPSA) is 168 Å². The molecule has 0 saturated carbocycles. The Morgan fingerprint density at radius 2 is 1.78 bits per heavy atom. The SMILES string of the molecule is CC(C)(C)OC(=O)N1CCC(CC(=O)O)(Cc2nc(CCCCNc3ccccn3)no2)CC1.O=C(O)C(F)(F)F. The molecular formula is C26H36F3N5O7. The molecular weight excluding hydrogens is 551 g/mol. The van der Waals surface area contributed by atoms with Gasteiger partial charge in [0.25, 0.3) is 0 Å². The van der Waals surface area contributed by atoms with E-state index in [4.69, 9.17) is 19.2 Å². The number of aryl methyl sites for hydroxylation is 1. The van der Waals surface area contributed by atoms with Gasteiger partial charge in [0.1, 0.15) is 11.4 Å². The molecule has 0 aromatic carbocycles. The maximum Gasteiger partial charge on any atom is 0.490 e. The van der Waals surface area contributed by atoms with Crippen LogP contribution < -0.4 is 5.32 Å². The number of ether oxygens (including phenoxy) is 1. The second kappa shape index (κ2) is 14.6. The summed E-state index contributed by atoms with van der Waals surface area (Å²) in [5, 5.41) is 24.0. The zero-order chi connectivity index (χ0) is 30.7. The summed E-state index contributed by atoms with van der Waals surface area (Å²) >= 11 is 0. The van der Waals surface area contributed by atoms with Crippen LogP contribution in [0.2, 0.25) is 0 Å². The molecule has 41 heavy (non-hydrogen) atoms. The molecule has 1 amide bonds. The molecule has 2 aromatic rings. The van der Waals surface area contributed by atoms with E-state index in [1.54, 1.807) is 11.1 Å². The number of alkyl halides is 3. The van der Waals surface area contributed by atoms with Gasteiger partial charge < -0.3 is 29.7 Å². The Morgan fingerprint density at radius 1 is 1.12 bits per heavy atom. The third-order valence-corrected chi connectivity index (χ3v) is 6.08. The van der Waals surface area contributed by atoms with E-state index in [2.05, 4.69) is 20.4 Å². The van der Waals surface area contributed by atoms with Crippen LogP contribution in [0.15, 0.2) is 28.9 Å². The van der Waals surface area contributed by atoms with Crippen molar-refractivity contribution in [3.63, 3.8) is 0 Å². The van der Waals surface area contributed by atoms with Crippen molar-refractivity contribution in [2.24, 2.45) is 5.41 Å². The number of nitrogens with one attached hydrogen (secondary N) is 1. The van der Waals surface area contributed by atoms with Crippen LogP contribution in [0.25, 0.3) is 0 Å². The van der Waals surface area contributed by atoms with Gasteiger partial charge in [-0.15, -0.1) is 0 Å². The molecule has 15 heteroatoms. The van der Waals surface area contributed by atoms with E-state index >= 15 is 0 Å². The van der Waals surface area contributed by atoms with Crippen molar-refractivity contribution in [1.82, 2.24) is 20.0 Å². The van der Waals surface area contributed by atoms with E-state index in [1.165, 1.54) is 0 Å². The molecule has 228 valence electrons. The van der Waals surface area contributed by atoms with E-state index in [-0.39, 0.29) is 12.5 Å². The van der Waals surface area contributed by atoms with Crippen molar-refractivity contribution < 1.29 is 47.0 Å². The van der Waals surface area contributed by atoms with Crippen molar-refractivity contribution in [1.29, 1.82) is 0 Å². The van der Waals surface area contributed by atoms with E-state index in [9.17, 15) is 27.9 Å². The Balaban J connectivity index is 0.000000745. The summed E-state index contributed by atoms with van der Waals surface area (Å²) in [6.07, 6.45) is 0.266. The maximum absolute atomic E-state index is 12.4. The highest BCUT2D eigenvalue weighted by Crippen LogP contribution is 2.38. The number of piperidine rings is 1. The molecule has 1 aliphatic heterocycles. The Bertz CT molecular complexity index is 1130. The molecule has 0 atom stereocenters. The number of unbranched alkanes of at least 4 members (excludes halogenated alkanes) is 1. The number of anilines is 1. The first kappa shape index (κ1) is 33.3. The monoisotopic (exact) mass is 587 g/mol. The highest BCUT2D eigenvalue weighted by Gasteiger charge is 2.40. The lowest BCUT2D eigenvalue weighted by Crippen LogP contribution is -2.46. The normalized spacial score (nSPS) is 14.9. The van der Waals surface area contributed by atoms with Crippen LogP contribution in [-0.2, 0) is 27.2 Å². The minimum atomic E-state index is -5.08. The van der Waals surface area contributed by atoms with Crippen LogP contribution >= 0.6 is 0 Å². The van der Waals surface area contributed by atoms with Crippen molar-refractivity contribution >= 4 is 23.8 Å². The average Bonchev–Trinajstić information content (AvgIpc) is 3.30. The zero-order valence-electron chi connectivity index (χ0n) is 23.2. The number of likely N-dealkylation sites (tertiary alicyclic amines) is 1. The smallest absolute Gasteiger partial charge is 0.481 e.